The third kappa shape index (κ3) is 63.3. The number of carbonyl (C=O) groups excluding carboxylic acids is 2. The van der Waals surface area contributed by atoms with Crippen LogP contribution in [0.4, 0.5) is 0 Å². The van der Waals surface area contributed by atoms with Gasteiger partial charge >= 0.3 is 5.97 Å². The Morgan fingerprint density at radius 3 is 1.00 bits per heavy atom. The first-order chi connectivity index (χ1) is 38.5. The number of allylic oxidation sites excluding steroid dienone is 6. The average Bonchev–Trinajstić information content (AvgIpc) is 3.44. The van der Waals surface area contributed by atoms with Crippen LogP contribution >= 0.6 is 0 Å². The van der Waals surface area contributed by atoms with Crippen molar-refractivity contribution in [2.45, 2.75) is 398 Å². The zero-order valence-electron chi connectivity index (χ0n) is 52.7. The van der Waals surface area contributed by atoms with Crippen LogP contribution in [0.25, 0.3) is 0 Å². The van der Waals surface area contributed by atoms with Crippen molar-refractivity contribution in [2.24, 2.45) is 0 Å². The first kappa shape index (κ1) is 76.1. The van der Waals surface area contributed by atoms with Crippen LogP contribution in [0.2, 0.25) is 0 Å². The molecule has 0 aromatic rings. The molecule has 0 aliphatic carbocycles. The van der Waals surface area contributed by atoms with E-state index >= 15 is 0 Å². The summed E-state index contributed by atoms with van der Waals surface area (Å²) in [4.78, 5) is 24.6. The zero-order chi connectivity index (χ0) is 56.4. The number of aliphatic hydroxyl groups is 2. The van der Waals surface area contributed by atoms with E-state index in [2.05, 4.69) is 55.6 Å². The fourth-order valence-electron chi connectivity index (χ4n) is 11.0. The molecule has 6 heteroatoms. The lowest BCUT2D eigenvalue weighted by Gasteiger charge is -2.22. The van der Waals surface area contributed by atoms with Crippen molar-refractivity contribution < 1.29 is 24.5 Å². The number of hydrogen-bond donors (Lipinski definition) is 3. The molecule has 0 rings (SSSR count). The Hall–Kier alpha value is -1.92. The fraction of sp³-hybridized carbons (Fsp3) is 0.889. The predicted molar refractivity (Wildman–Crippen MR) is 343 cm³/mol. The first-order valence-corrected chi connectivity index (χ1v) is 35.2. The number of unbranched alkanes of at least 4 members (excludes halogenated alkanes) is 49. The molecule has 0 bridgehead atoms. The minimum atomic E-state index is -0.662. The molecule has 0 aliphatic heterocycles. The Bertz CT molecular complexity index is 1260. The summed E-state index contributed by atoms with van der Waals surface area (Å²) in [5.74, 6) is -0.0258. The lowest BCUT2D eigenvalue weighted by atomic mass is 10.0. The van der Waals surface area contributed by atoms with Gasteiger partial charge < -0.3 is 20.3 Å². The number of amides is 1. The van der Waals surface area contributed by atoms with Crippen LogP contribution in [0, 0.1) is 0 Å². The third-order valence-corrected chi connectivity index (χ3v) is 16.4. The fourth-order valence-corrected chi connectivity index (χ4v) is 11.0. The topological polar surface area (TPSA) is 95.9 Å². The van der Waals surface area contributed by atoms with Crippen LogP contribution < -0.4 is 5.32 Å². The van der Waals surface area contributed by atoms with Gasteiger partial charge in [-0.1, -0.05) is 326 Å². The lowest BCUT2D eigenvalue weighted by molar-refractivity contribution is -0.143. The van der Waals surface area contributed by atoms with E-state index in [-0.39, 0.29) is 18.5 Å². The molecule has 460 valence electrons. The first-order valence-electron chi connectivity index (χ1n) is 35.2. The van der Waals surface area contributed by atoms with E-state index in [1.807, 2.05) is 0 Å². The van der Waals surface area contributed by atoms with Crippen molar-refractivity contribution in [2.75, 3.05) is 13.2 Å². The molecule has 0 aliphatic rings. The summed E-state index contributed by atoms with van der Waals surface area (Å²) in [6.45, 7) is 4.95. The molecule has 6 nitrogen and oxygen atoms in total. The van der Waals surface area contributed by atoms with Gasteiger partial charge in [0, 0.05) is 12.8 Å². The minimum Gasteiger partial charge on any atom is -0.466 e. The van der Waals surface area contributed by atoms with Crippen molar-refractivity contribution in [3.63, 3.8) is 0 Å². The molecule has 0 spiro atoms. The Balaban J connectivity index is 3.34. The SMILES string of the molecule is CCCCCC/C=C\C/C=C\CCCCCCCC(=O)OCCCCCCCCCCCCCC/C=C\CCCCCCCCCCCCCCCCCCC(=O)NC(CO)C(O)CCCCCCCCCCCCCCC. The number of aliphatic hydroxyl groups excluding tert-OH is 2. The van der Waals surface area contributed by atoms with Crippen molar-refractivity contribution in [1.82, 2.24) is 5.32 Å². The van der Waals surface area contributed by atoms with Crippen molar-refractivity contribution in [3.8, 4) is 0 Å². The van der Waals surface area contributed by atoms with Gasteiger partial charge in [0.05, 0.1) is 25.4 Å². The van der Waals surface area contributed by atoms with E-state index in [1.54, 1.807) is 0 Å². The third-order valence-electron chi connectivity index (χ3n) is 16.4. The monoisotopic (exact) mass is 1100 g/mol. The van der Waals surface area contributed by atoms with Crippen molar-refractivity contribution in [1.29, 1.82) is 0 Å². The maximum atomic E-state index is 12.5. The summed E-state index contributed by atoms with van der Waals surface area (Å²) in [6, 6.07) is -0.539. The Kier molecular flexibility index (Phi) is 65.9. The second-order valence-corrected chi connectivity index (χ2v) is 24.2. The van der Waals surface area contributed by atoms with Gasteiger partial charge in [-0.15, -0.1) is 0 Å². The molecule has 0 fully saturated rings. The van der Waals surface area contributed by atoms with E-state index in [1.165, 1.54) is 302 Å². The summed E-state index contributed by atoms with van der Waals surface area (Å²) in [5.41, 5.74) is 0. The van der Waals surface area contributed by atoms with Crippen molar-refractivity contribution >= 4 is 11.9 Å². The van der Waals surface area contributed by atoms with Crippen LogP contribution in [0.5, 0.6) is 0 Å². The normalized spacial score (nSPS) is 12.7. The van der Waals surface area contributed by atoms with Crippen LogP contribution in [0.15, 0.2) is 36.5 Å². The highest BCUT2D eigenvalue weighted by Crippen LogP contribution is 2.18. The lowest BCUT2D eigenvalue weighted by Crippen LogP contribution is -2.45. The molecular weight excluding hydrogens is 959 g/mol. The molecule has 2 atom stereocenters. The zero-order valence-corrected chi connectivity index (χ0v) is 52.7. The molecule has 2 unspecified atom stereocenters. The van der Waals surface area contributed by atoms with E-state index in [9.17, 15) is 19.8 Å². The average molecular weight is 1100 g/mol. The number of ether oxygens (including phenoxy) is 1. The molecular formula is C72H137NO5. The highest BCUT2D eigenvalue weighted by molar-refractivity contribution is 5.76. The number of hydrogen-bond acceptors (Lipinski definition) is 5. The molecule has 3 N–H and O–H groups in total. The predicted octanol–water partition coefficient (Wildman–Crippen LogP) is 22.7. The van der Waals surface area contributed by atoms with Gasteiger partial charge in [0.1, 0.15) is 0 Å². The van der Waals surface area contributed by atoms with Gasteiger partial charge in [0.2, 0.25) is 5.91 Å². The van der Waals surface area contributed by atoms with E-state index in [4.69, 9.17) is 4.74 Å². The van der Waals surface area contributed by atoms with E-state index < -0.39 is 12.1 Å². The van der Waals surface area contributed by atoms with Gasteiger partial charge in [0.25, 0.3) is 0 Å². The van der Waals surface area contributed by atoms with Crippen LogP contribution in [-0.4, -0.2) is 47.4 Å². The van der Waals surface area contributed by atoms with E-state index in [0.717, 1.165) is 51.4 Å². The number of nitrogens with one attached hydrogen (secondary N) is 1. The number of rotatable bonds is 66. The molecule has 0 radical (unpaired) electrons. The maximum Gasteiger partial charge on any atom is 0.305 e. The Labute approximate surface area is 487 Å². The maximum absolute atomic E-state index is 12.5. The van der Waals surface area contributed by atoms with Crippen molar-refractivity contribution in [3.05, 3.63) is 36.5 Å². The van der Waals surface area contributed by atoms with Gasteiger partial charge in [-0.3, -0.25) is 9.59 Å². The molecule has 0 aromatic heterocycles. The molecule has 0 saturated heterocycles. The molecule has 0 heterocycles. The summed E-state index contributed by atoms with van der Waals surface area (Å²) in [6.07, 6.45) is 86.3. The Morgan fingerprint density at radius 2 is 0.641 bits per heavy atom. The summed E-state index contributed by atoms with van der Waals surface area (Å²) < 4.78 is 5.49. The molecule has 78 heavy (non-hydrogen) atoms. The molecule has 1 amide bonds. The van der Waals surface area contributed by atoms with Gasteiger partial charge in [-0.05, 0) is 83.5 Å². The summed E-state index contributed by atoms with van der Waals surface area (Å²) in [7, 11) is 0. The second kappa shape index (κ2) is 67.6. The minimum absolute atomic E-state index is 0.00499. The van der Waals surface area contributed by atoms with Gasteiger partial charge in [-0.25, -0.2) is 0 Å². The molecule has 0 aromatic carbocycles. The second-order valence-electron chi connectivity index (χ2n) is 24.2. The van der Waals surface area contributed by atoms with E-state index in [0.29, 0.717) is 25.9 Å². The van der Waals surface area contributed by atoms with Crippen LogP contribution in [0.3, 0.4) is 0 Å². The standard InChI is InChI=1S/C72H137NO5/c1-3-5-7-9-11-13-15-17-18-38-42-46-50-54-58-62-66-72(77)78-67-63-59-55-51-47-43-39-36-34-32-30-28-26-24-22-20-19-21-23-25-27-29-31-33-35-37-41-45-49-53-57-61-65-71(76)73-69(68-74)70(75)64-60-56-52-48-44-40-16-14-12-10-8-6-4-2/h13,15,18,22,24,38,69-70,74-75H,3-12,14,16-17,19-21,23,25-37,39-68H2,1-2H3,(H,73,76)/b15-13-,24-22-,38-18-. The van der Waals surface area contributed by atoms with Crippen LogP contribution in [-0.2, 0) is 14.3 Å². The summed E-state index contributed by atoms with van der Waals surface area (Å²) >= 11 is 0. The smallest absolute Gasteiger partial charge is 0.305 e. The highest BCUT2D eigenvalue weighted by Gasteiger charge is 2.20. The van der Waals surface area contributed by atoms with Crippen LogP contribution in [0.1, 0.15) is 386 Å². The van der Waals surface area contributed by atoms with Gasteiger partial charge in [-0.2, -0.15) is 0 Å². The quantitative estimate of drug-likeness (QED) is 0.0320. The number of esters is 1. The Morgan fingerprint density at radius 1 is 0.359 bits per heavy atom. The molecule has 0 saturated carbocycles. The highest BCUT2D eigenvalue weighted by atomic mass is 16.5. The largest absolute Gasteiger partial charge is 0.466 e. The van der Waals surface area contributed by atoms with Gasteiger partial charge in [0.15, 0.2) is 0 Å². The summed E-state index contributed by atoms with van der Waals surface area (Å²) in [5, 5.41) is 23.3. The number of carbonyl (C=O) groups is 2.